The molecule has 2 unspecified atom stereocenters. The summed E-state index contributed by atoms with van der Waals surface area (Å²) in [5, 5.41) is 0. The van der Waals surface area contributed by atoms with E-state index >= 15 is 0 Å². The second-order valence-electron chi connectivity index (χ2n) is 5.33. The molecule has 1 heterocycles. The van der Waals surface area contributed by atoms with E-state index in [2.05, 4.69) is 18.7 Å². The van der Waals surface area contributed by atoms with Crippen molar-refractivity contribution in [2.45, 2.75) is 39.8 Å². The molecule has 1 rings (SSSR count). The number of carbonyl (C=O) groups excluding carboxylic acids is 1. The highest BCUT2D eigenvalue weighted by Crippen LogP contribution is 2.17. The number of ether oxygens (including phenoxy) is 1. The second-order valence-corrected chi connectivity index (χ2v) is 5.33. The summed E-state index contributed by atoms with van der Waals surface area (Å²) < 4.78 is 5.13. The summed E-state index contributed by atoms with van der Waals surface area (Å²) >= 11 is 0. The quantitative estimate of drug-likeness (QED) is 0.743. The van der Waals surface area contributed by atoms with Crippen LogP contribution in [-0.4, -0.2) is 61.1 Å². The van der Waals surface area contributed by atoms with E-state index in [-0.39, 0.29) is 11.8 Å². The standard InChI is InChI=1S/C13H26N2O2/c1-10(2)13(16)14-8-11(3)15(6-7-17-5)12(4)9-14/h10-12H,6-9H2,1-5H3. The largest absolute Gasteiger partial charge is 0.383 e. The topological polar surface area (TPSA) is 32.8 Å². The molecule has 4 heteroatoms. The van der Waals surface area contributed by atoms with Gasteiger partial charge in [-0.25, -0.2) is 0 Å². The van der Waals surface area contributed by atoms with Gasteiger partial charge >= 0.3 is 0 Å². The van der Waals surface area contributed by atoms with Crippen molar-refractivity contribution in [3.8, 4) is 0 Å². The molecule has 1 aliphatic heterocycles. The maximum Gasteiger partial charge on any atom is 0.225 e. The van der Waals surface area contributed by atoms with Crippen LogP contribution < -0.4 is 0 Å². The van der Waals surface area contributed by atoms with Gasteiger partial charge < -0.3 is 9.64 Å². The fourth-order valence-corrected chi connectivity index (χ4v) is 2.54. The third-order valence-corrected chi connectivity index (χ3v) is 3.46. The van der Waals surface area contributed by atoms with Crippen LogP contribution in [0.15, 0.2) is 0 Å². The van der Waals surface area contributed by atoms with Crippen molar-refractivity contribution >= 4 is 5.91 Å². The number of methoxy groups -OCH3 is 1. The Morgan fingerprint density at radius 1 is 1.29 bits per heavy atom. The number of piperazine rings is 1. The first-order chi connectivity index (χ1) is 7.97. The molecule has 1 aliphatic rings. The molecule has 2 atom stereocenters. The Hall–Kier alpha value is -0.610. The lowest BCUT2D eigenvalue weighted by Crippen LogP contribution is -2.59. The van der Waals surface area contributed by atoms with Crippen LogP contribution >= 0.6 is 0 Å². The van der Waals surface area contributed by atoms with Gasteiger partial charge in [0.15, 0.2) is 0 Å². The highest BCUT2D eigenvalue weighted by molar-refractivity contribution is 5.78. The Kier molecular flexibility index (Phi) is 5.40. The summed E-state index contributed by atoms with van der Waals surface area (Å²) in [5.41, 5.74) is 0. The zero-order valence-electron chi connectivity index (χ0n) is 11.8. The molecule has 0 aromatic heterocycles. The fraction of sp³-hybridized carbons (Fsp3) is 0.923. The Balaban J connectivity index is 2.57. The highest BCUT2D eigenvalue weighted by Gasteiger charge is 2.31. The number of amides is 1. The van der Waals surface area contributed by atoms with Crippen LogP contribution in [0.25, 0.3) is 0 Å². The molecule has 1 amide bonds. The van der Waals surface area contributed by atoms with E-state index in [4.69, 9.17) is 4.74 Å². The zero-order chi connectivity index (χ0) is 13.0. The number of carbonyl (C=O) groups is 1. The van der Waals surface area contributed by atoms with E-state index < -0.39 is 0 Å². The smallest absolute Gasteiger partial charge is 0.225 e. The summed E-state index contributed by atoms with van der Waals surface area (Å²) in [6, 6.07) is 0.827. The average molecular weight is 242 g/mol. The van der Waals surface area contributed by atoms with Crippen molar-refractivity contribution in [1.29, 1.82) is 0 Å². The van der Waals surface area contributed by atoms with E-state index in [1.165, 1.54) is 0 Å². The van der Waals surface area contributed by atoms with Gasteiger partial charge in [0.2, 0.25) is 5.91 Å². The van der Waals surface area contributed by atoms with E-state index in [1.54, 1.807) is 7.11 Å². The van der Waals surface area contributed by atoms with Crippen molar-refractivity contribution in [2.24, 2.45) is 5.92 Å². The Bertz CT molecular complexity index is 244. The number of hydrogen-bond donors (Lipinski definition) is 0. The van der Waals surface area contributed by atoms with Crippen LogP contribution in [0.5, 0.6) is 0 Å². The minimum Gasteiger partial charge on any atom is -0.383 e. The average Bonchev–Trinajstić information content (AvgIpc) is 2.26. The fourth-order valence-electron chi connectivity index (χ4n) is 2.54. The molecule has 0 aromatic rings. The molecule has 0 saturated carbocycles. The van der Waals surface area contributed by atoms with Gasteiger partial charge in [-0.15, -0.1) is 0 Å². The molecule has 0 N–H and O–H groups in total. The molecule has 0 aliphatic carbocycles. The van der Waals surface area contributed by atoms with Gasteiger partial charge in [-0.2, -0.15) is 0 Å². The minimum absolute atomic E-state index is 0.0972. The van der Waals surface area contributed by atoms with Gasteiger partial charge in [-0.1, -0.05) is 13.8 Å². The number of nitrogens with zero attached hydrogens (tertiary/aromatic N) is 2. The van der Waals surface area contributed by atoms with Crippen molar-refractivity contribution < 1.29 is 9.53 Å². The van der Waals surface area contributed by atoms with Crippen molar-refractivity contribution in [3.05, 3.63) is 0 Å². The second kappa shape index (κ2) is 6.36. The van der Waals surface area contributed by atoms with Crippen LogP contribution in [0.2, 0.25) is 0 Å². The first-order valence-electron chi connectivity index (χ1n) is 6.50. The Morgan fingerprint density at radius 3 is 2.24 bits per heavy atom. The molecular weight excluding hydrogens is 216 g/mol. The van der Waals surface area contributed by atoms with Crippen LogP contribution in [0.1, 0.15) is 27.7 Å². The third kappa shape index (κ3) is 3.68. The van der Waals surface area contributed by atoms with Crippen LogP contribution in [0, 0.1) is 5.92 Å². The summed E-state index contributed by atoms with van der Waals surface area (Å²) in [7, 11) is 1.73. The Labute approximate surface area is 105 Å². The maximum atomic E-state index is 12.0. The van der Waals surface area contributed by atoms with Crippen LogP contribution in [-0.2, 0) is 9.53 Å². The molecule has 0 radical (unpaired) electrons. The van der Waals surface area contributed by atoms with Crippen molar-refractivity contribution in [3.63, 3.8) is 0 Å². The predicted molar refractivity (Wildman–Crippen MR) is 68.9 cm³/mol. The molecule has 0 spiro atoms. The predicted octanol–water partition coefficient (Wildman–Crippen LogP) is 1.21. The van der Waals surface area contributed by atoms with Gasteiger partial charge in [0, 0.05) is 44.7 Å². The number of hydrogen-bond acceptors (Lipinski definition) is 3. The van der Waals surface area contributed by atoms with Gasteiger partial charge in [-0.3, -0.25) is 9.69 Å². The summed E-state index contributed by atoms with van der Waals surface area (Å²) in [6.45, 7) is 11.7. The van der Waals surface area contributed by atoms with E-state index in [9.17, 15) is 4.79 Å². The molecule has 1 saturated heterocycles. The van der Waals surface area contributed by atoms with Gasteiger partial charge in [0.1, 0.15) is 0 Å². The van der Waals surface area contributed by atoms with Crippen LogP contribution in [0.3, 0.4) is 0 Å². The summed E-state index contributed by atoms with van der Waals surface area (Å²) in [4.78, 5) is 16.4. The monoisotopic (exact) mass is 242 g/mol. The molecule has 0 bridgehead atoms. The Morgan fingerprint density at radius 2 is 1.82 bits per heavy atom. The lowest BCUT2D eigenvalue weighted by Gasteiger charge is -2.44. The number of rotatable bonds is 4. The van der Waals surface area contributed by atoms with Crippen LogP contribution in [0.4, 0.5) is 0 Å². The third-order valence-electron chi connectivity index (χ3n) is 3.46. The van der Waals surface area contributed by atoms with Gasteiger partial charge in [0.25, 0.3) is 0 Å². The summed E-state index contributed by atoms with van der Waals surface area (Å²) in [5.74, 6) is 0.370. The lowest BCUT2D eigenvalue weighted by atomic mass is 10.1. The lowest BCUT2D eigenvalue weighted by molar-refractivity contribution is -0.139. The first kappa shape index (κ1) is 14.5. The maximum absolute atomic E-state index is 12.0. The molecule has 0 aromatic carbocycles. The molecule has 4 nitrogen and oxygen atoms in total. The minimum atomic E-state index is 0.0972. The zero-order valence-corrected chi connectivity index (χ0v) is 11.8. The highest BCUT2D eigenvalue weighted by atomic mass is 16.5. The normalized spacial score (nSPS) is 26.6. The van der Waals surface area contributed by atoms with Gasteiger partial charge in [-0.05, 0) is 13.8 Å². The molecule has 100 valence electrons. The molecular formula is C13H26N2O2. The van der Waals surface area contributed by atoms with Gasteiger partial charge in [0.05, 0.1) is 6.61 Å². The SMILES string of the molecule is COCCN1C(C)CN(C(=O)C(C)C)CC1C. The van der Waals surface area contributed by atoms with E-state index in [0.29, 0.717) is 12.1 Å². The van der Waals surface area contributed by atoms with Crippen molar-refractivity contribution in [1.82, 2.24) is 9.80 Å². The van der Waals surface area contributed by atoms with E-state index in [1.807, 2.05) is 18.7 Å². The molecule has 1 fully saturated rings. The van der Waals surface area contributed by atoms with E-state index in [0.717, 1.165) is 26.2 Å². The first-order valence-corrected chi connectivity index (χ1v) is 6.50. The molecule has 17 heavy (non-hydrogen) atoms. The summed E-state index contributed by atoms with van der Waals surface area (Å²) in [6.07, 6.45) is 0. The van der Waals surface area contributed by atoms with Crippen molar-refractivity contribution in [2.75, 3.05) is 33.4 Å².